The number of hydrogen-bond acceptors (Lipinski definition) is 4. The van der Waals surface area contributed by atoms with Gasteiger partial charge in [-0.05, 0) is 43.3 Å². The van der Waals surface area contributed by atoms with E-state index in [1.165, 1.54) is 21.3 Å². The molecule has 0 unspecified atom stereocenters. The number of fused-ring (bicyclic) bond motifs is 3. The average Bonchev–Trinajstić information content (AvgIpc) is 2.93. The van der Waals surface area contributed by atoms with Crippen LogP contribution in [0.5, 0.6) is 5.88 Å². The summed E-state index contributed by atoms with van der Waals surface area (Å²) in [6.45, 7) is 1.74. The molecule has 0 aliphatic heterocycles. The van der Waals surface area contributed by atoms with Crippen molar-refractivity contribution < 1.29 is 28.3 Å². The summed E-state index contributed by atoms with van der Waals surface area (Å²) < 4.78 is 40.9. The summed E-state index contributed by atoms with van der Waals surface area (Å²) >= 11 is 0. The molecule has 2 heterocycles. The van der Waals surface area contributed by atoms with Crippen LogP contribution in [0.2, 0.25) is 0 Å². The van der Waals surface area contributed by atoms with Crippen LogP contribution in [-0.2, 0) is 6.18 Å². The Bertz CT molecular complexity index is 1110. The molecule has 2 aromatic carbocycles. The lowest BCUT2D eigenvalue weighted by Gasteiger charge is -2.05. The molecule has 2 aromatic heterocycles. The van der Waals surface area contributed by atoms with Crippen LogP contribution in [0, 0.1) is 6.92 Å². The van der Waals surface area contributed by atoms with Gasteiger partial charge in [0.2, 0.25) is 0 Å². The van der Waals surface area contributed by atoms with E-state index in [0.717, 1.165) is 12.1 Å². The number of halogens is 3. The topological polar surface area (TPSA) is 85.0 Å². The van der Waals surface area contributed by atoms with Crippen molar-refractivity contribution in [2.24, 2.45) is 0 Å². The molecule has 0 spiro atoms. The molecule has 0 aliphatic rings. The van der Waals surface area contributed by atoms with E-state index in [1.807, 2.05) is 18.2 Å². The minimum absolute atomic E-state index is 0. The second-order valence-electron chi connectivity index (χ2n) is 5.62. The Labute approximate surface area is 145 Å². The van der Waals surface area contributed by atoms with E-state index in [-0.39, 0.29) is 11.4 Å². The highest BCUT2D eigenvalue weighted by atomic mass is 19.4. The summed E-state index contributed by atoms with van der Waals surface area (Å²) in [5, 5.41) is 14.9. The number of alkyl halides is 3. The van der Waals surface area contributed by atoms with Crippen molar-refractivity contribution in [2.45, 2.75) is 13.1 Å². The number of para-hydroxylation sites is 2. The lowest BCUT2D eigenvalue weighted by molar-refractivity contribution is -0.556. The van der Waals surface area contributed by atoms with E-state index in [0.29, 0.717) is 27.9 Å². The molecule has 0 saturated heterocycles. The monoisotopic (exact) mass is 362 g/mol. The highest BCUT2D eigenvalue weighted by Crippen LogP contribution is 2.30. The van der Waals surface area contributed by atoms with E-state index in [4.69, 9.17) is 0 Å². The number of aromatic hydroxyl groups is 1. The standard InChI is InChI=1S/C17H11F3N4O.H2O/c1-10-15-16(25)23(12-8-6-11(7-9-12)17(18,19)20)22-24(15)14-5-3-2-4-13(14)21-10;/h2-9H,1H3;1H2. The summed E-state index contributed by atoms with van der Waals surface area (Å²) in [4.78, 5) is 4.44. The van der Waals surface area contributed by atoms with Crippen molar-refractivity contribution in [1.82, 2.24) is 14.9 Å². The molecule has 134 valence electrons. The van der Waals surface area contributed by atoms with Crippen molar-refractivity contribution in [3.8, 4) is 11.6 Å². The van der Waals surface area contributed by atoms with Gasteiger partial charge in [-0.2, -0.15) is 13.2 Å². The van der Waals surface area contributed by atoms with Crippen LogP contribution in [0.4, 0.5) is 13.2 Å². The van der Waals surface area contributed by atoms with Gasteiger partial charge in [0.05, 0.1) is 11.3 Å². The van der Waals surface area contributed by atoms with Gasteiger partial charge in [0.15, 0.2) is 11.2 Å². The molecule has 26 heavy (non-hydrogen) atoms. The number of aryl methyl sites for hydroxylation is 1. The van der Waals surface area contributed by atoms with E-state index in [2.05, 4.69) is 10.2 Å². The molecule has 4 rings (SSSR count). The molecule has 0 radical (unpaired) electrons. The van der Waals surface area contributed by atoms with E-state index >= 15 is 0 Å². The van der Waals surface area contributed by atoms with Crippen molar-refractivity contribution >= 4 is 16.6 Å². The molecule has 4 aromatic rings. The zero-order valence-corrected chi connectivity index (χ0v) is 13.4. The SMILES string of the molecule is Cc1nc2ccccc2[n+]2nn(-c3ccc(C(F)(F)F)cc3)c(O)c12.[OH-]. The summed E-state index contributed by atoms with van der Waals surface area (Å²) in [5.74, 6) is -0.185. The fraction of sp³-hybridized carbons (Fsp3) is 0.118. The van der Waals surface area contributed by atoms with E-state index < -0.39 is 11.7 Å². The molecule has 2 N–H and O–H groups in total. The summed E-state index contributed by atoms with van der Waals surface area (Å²) in [5.41, 5.74) is 1.91. The third-order valence-corrected chi connectivity index (χ3v) is 3.98. The largest absolute Gasteiger partial charge is 0.870 e. The minimum Gasteiger partial charge on any atom is -0.870 e. The van der Waals surface area contributed by atoms with Gasteiger partial charge in [-0.25, -0.2) is 4.98 Å². The fourth-order valence-electron chi connectivity index (χ4n) is 2.79. The maximum atomic E-state index is 12.7. The quantitative estimate of drug-likeness (QED) is 0.528. The van der Waals surface area contributed by atoms with Crippen LogP contribution in [0.15, 0.2) is 48.5 Å². The Morgan fingerprint density at radius 2 is 1.69 bits per heavy atom. The highest BCUT2D eigenvalue weighted by Gasteiger charge is 2.31. The van der Waals surface area contributed by atoms with Crippen LogP contribution < -0.4 is 4.52 Å². The Morgan fingerprint density at radius 3 is 2.35 bits per heavy atom. The third kappa shape index (κ3) is 2.62. The molecule has 0 atom stereocenters. The Kier molecular flexibility index (Phi) is 4.03. The van der Waals surface area contributed by atoms with Crippen molar-refractivity contribution in [3.05, 3.63) is 59.8 Å². The zero-order valence-electron chi connectivity index (χ0n) is 13.4. The van der Waals surface area contributed by atoms with Gasteiger partial charge in [0.25, 0.3) is 5.52 Å². The van der Waals surface area contributed by atoms with Crippen molar-refractivity contribution in [3.63, 3.8) is 0 Å². The molecule has 0 aliphatic carbocycles. The molecule has 0 saturated carbocycles. The number of rotatable bonds is 1. The van der Waals surface area contributed by atoms with Crippen LogP contribution in [0.1, 0.15) is 11.3 Å². The average molecular weight is 362 g/mol. The maximum absolute atomic E-state index is 12.7. The maximum Gasteiger partial charge on any atom is 0.416 e. The van der Waals surface area contributed by atoms with Crippen LogP contribution in [0.3, 0.4) is 0 Å². The molecular weight excluding hydrogens is 349 g/mol. The molecule has 9 heteroatoms. The highest BCUT2D eigenvalue weighted by molar-refractivity contribution is 5.74. The molecule has 0 bridgehead atoms. The number of benzene rings is 2. The number of hydrogen-bond donors (Lipinski definition) is 1. The zero-order chi connectivity index (χ0) is 17.8. The van der Waals surface area contributed by atoms with E-state index in [1.54, 1.807) is 13.0 Å². The molecular formula is C17H13F3N4O2. The molecule has 0 amide bonds. The van der Waals surface area contributed by atoms with Gasteiger partial charge < -0.3 is 10.6 Å². The summed E-state index contributed by atoms with van der Waals surface area (Å²) in [6.07, 6.45) is -4.42. The normalized spacial score (nSPS) is 11.7. The van der Waals surface area contributed by atoms with Gasteiger partial charge in [-0.3, -0.25) is 0 Å². The predicted octanol–water partition coefficient (Wildman–Crippen LogP) is 3.02. The van der Waals surface area contributed by atoms with Gasteiger partial charge in [0, 0.05) is 0 Å². The first-order chi connectivity index (χ1) is 11.9. The Balaban J connectivity index is 0.00000196. The first kappa shape index (κ1) is 17.6. The fourth-order valence-corrected chi connectivity index (χ4v) is 2.79. The lowest BCUT2D eigenvalue weighted by Crippen LogP contribution is -2.27. The second kappa shape index (κ2) is 5.95. The van der Waals surface area contributed by atoms with Gasteiger partial charge in [0.1, 0.15) is 10.7 Å². The van der Waals surface area contributed by atoms with Gasteiger partial charge in [-0.1, -0.05) is 21.3 Å². The second-order valence-corrected chi connectivity index (χ2v) is 5.62. The van der Waals surface area contributed by atoms with Crippen molar-refractivity contribution in [2.75, 3.05) is 0 Å². The van der Waals surface area contributed by atoms with E-state index in [9.17, 15) is 18.3 Å². The third-order valence-electron chi connectivity index (χ3n) is 3.98. The molecule has 0 fully saturated rings. The Morgan fingerprint density at radius 1 is 1.04 bits per heavy atom. The van der Waals surface area contributed by atoms with Crippen LogP contribution in [0.25, 0.3) is 22.2 Å². The van der Waals surface area contributed by atoms with Crippen LogP contribution in [-0.4, -0.2) is 25.5 Å². The van der Waals surface area contributed by atoms with Crippen LogP contribution >= 0.6 is 0 Å². The van der Waals surface area contributed by atoms with Gasteiger partial charge >= 0.3 is 12.1 Å². The summed E-state index contributed by atoms with van der Waals surface area (Å²) in [6, 6.07) is 11.7. The molecule has 6 nitrogen and oxygen atoms in total. The predicted molar refractivity (Wildman–Crippen MR) is 85.4 cm³/mol. The number of nitrogens with zero attached hydrogens (tertiary/aromatic N) is 4. The first-order valence-electron chi connectivity index (χ1n) is 7.43. The smallest absolute Gasteiger partial charge is 0.416 e. The Hall–Kier alpha value is -3.20. The van der Waals surface area contributed by atoms with Crippen molar-refractivity contribution in [1.29, 1.82) is 0 Å². The lowest BCUT2D eigenvalue weighted by atomic mass is 10.2. The number of aromatic nitrogens is 4. The minimum atomic E-state index is -4.42. The first-order valence-corrected chi connectivity index (χ1v) is 7.43. The van der Waals surface area contributed by atoms with Gasteiger partial charge in [-0.15, -0.1) is 0 Å². The summed E-state index contributed by atoms with van der Waals surface area (Å²) in [7, 11) is 0.